The predicted octanol–water partition coefficient (Wildman–Crippen LogP) is 3.51. The van der Waals surface area contributed by atoms with E-state index in [4.69, 9.17) is 5.11 Å². The van der Waals surface area contributed by atoms with Crippen molar-refractivity contribution in [3.8, 4) is 0 Å². The summed E-state index contributed by atoms with van der Waals surface area (Å²) in [5, 5.41) is 12.1. The molecule has 2 rings (SSSR count). The molecule has 1 fully saturated rings. The number of aromatic carboxylic acids is 1. The second-order valence-electron chi connectivity index (χ2n) is 5.08. The van der Waals surface area contributed by atoms with E-state index in [1.54, 1.807) is 6.07 Å². The standard InChI is InChI=1S/C14H18FNO2/c1-9(7-10-3-2-4-10)16-11-5-6-13(15)12(8-11)14(17)18/h5-6,8-10,16H,2-4,7H2,1H3,(H,17,18). The van der Waals surface area contributed by atoms with E-state index < -0.39 is 11.8 Å². The molecule has 0 spiro atoms. The highest BCUT2D eigenvalue weighted by molar-refractivity contribution is 5.89. The SMILES string of the molecule is CC(CC1CCC1)Nc1ccc(F)c(C(=O)O)c1. The molecule has 1 aliphatic carbocycles. The largest absolute Gasteiger partial charge is 0.478 e. The molecule has 4 heteroatoms. The lowest BCUT2D eigenvalue weighted by molar-refractivity contribution is 0.0692. The van der Waals surface area contributed by atoms with Crippen LogP contribution < -0.4 is 5.32 Å². The van der Waals surface area contributed by atoms with Gasteiger partial charge in [-0.25, -0.2) is 9.18 Å². The average molecular weight is 251 g/mol. The number of hydrogen-bond acceptors (Lipinski definition) is 2. The fraction of sp³-hybridized carbons (Fsp3) is 0.500. The van der Waals surface area contributed by atoms with Crippen molar-refractivity contribution in [1.29, 1.82) is 0 Å². The van der Waals surface area contributed by atoms with Crippen LogP contribution in [0.5, 0.6) is 0 Å². The number of hydrogen-bond donors (Lipinski definition) is 2. The minimum Gasteiger partial charge on any atom is -0.478 e. The van der Waals surface area contributed by atoms with Gasteiger partial charge < -0.3 is 10.4 Å². The van der Waals surface area contributed by atoms with Gasteiger partial charge in [0.25, 0.3) is 0 Å². The first-order chi connectivity index (χ1) is 8.56. The Kier molecular flexibility index (Phi) is 3.84. The van der Waals surface area contributed by atoms with E-state index in [0.717, 1.165) is 12.3 Å². The summed E-state index contributed by atoms with van der Waals surface area (Å²) in [5.74, 6) is -1.14. The molecule has 0 aromatic heterocycles. The highest BCUT2D eigenvalue weighted by atomic mass is 19.1. The summed E-state index contributed by atoms with van der Waals surface area (Å²) in [6, 6.07) is 4.41. The molecule has 18 heavy (non-hydrogen) atoms. The van der Waals surface area contributed by atoms with E-state index >= 15 is 0 Å². The molecule has 0 radical (unpaired) electrons. The smallest absolute Gasteiger partial charge is 0.338 e. The van der Waals surface area contributed by atoms with E-state index in [0.29, 0.717) is 5.69 Å². The van der Waals surface area contributed by atoms with Gasteiger partial charge in [-0.05, 0) is 37.5 Å². The number of rotatable bonds is 5. The van der Waals surface area contributed by atoms with Crippen LogP contribution in [0.15, 0.2) is 18.2 Å². The van der Waals surface area contributed by atoms with Crippen LogP contribution in [-0.2, 0) is 0 Å². The number of carboxylic acids is 1. The zero-order chi connectivity index (χ0) is 13.1. The molecule has 1 atom stereocenters. The summed E-state index contributed by atoms with van der Waals surface area (Å²) in [4.78, 5) is 10.8. The normalized spacial score (nSPS) is 17.0. The summed E-state index contributed by atoms with van der Waals surface area (Å²) in [6.45, 7) is 2.07. The molecule has 98 valence electrons. The number of anilines is 1. The van der Waals surface area contributed by atoms with Crippen LogP contribution in [0, 0.1) is 11.7 Å². The number of carboxylic acid groups (broad SMARTS) is 1. The van der Waals surface area contributed by atoms with Crippen molar-refractivity contribution in [2.75, 3.05) is 5.32 Å². The minimum atomic E-state index is -1.23. The third kappa shape index (κ3) is 3.00. The Morgan fingerprint density at radius 2 is 2.28 bits per heavy atom. The van der Waals surface area contributed by atoms with Gasteiger partial charge in [-0.1, -0.05) is 19.3 Å². The van der Waals surface area contributed by atoms with Gasteiger partial charge in [0.2, 0.25) is 0 Å². The van der Waals surface area contributed by atoms with Crippen molar-refractivity contribution < 1.29 is 14.3 Å². The Balaban J connectivity index is 1.99. The van der Waals surface area contributed by atoms with Gasteiger partial charge in [-0.3, -0.25) is 0 Å². The lowest BCUT2D eigenvalue weighted by Crippen LogP contribution is -2.23. The maximum absolute atomic E-state index is 13.2. The zero-order valence-electron chi connectivity index (χ0n) is 10.4. The van der Waals surface area contributed by atoms with Crippen molar-refractivity contribution >= 4 is 11.7 Å². The van der Waals surface area contributed by atoms with Crippen molar-refractivity contribution in [3.05, 3.63) is 29.6 Å². The maximum Gasteiger partial charge on any atom is 0.338 e. The highest BCUT2D eigenvalue weighted by Gasteiger charge is 2.20. The van der Waals surface area contributed by atoms with Gasteiger partial charge in [0.15, 0.2) is 0 Å². The van der Waals surface area contributed by atoms with Gasteiger partial charge in [0.1, 0.15) is 5.82 Å². The first-order valence-electron chi connectivity index (χ1n) is 6.35. The van der Waals surface area contributed by atoms with Crippen molar-refractivity contribution in [3.63, 3.8) is 0 Å². The summed E-state index contributed by atoms with van der Waals surface area (Å²) in [7, 11) is 0. The number of carbonyl (C=O) groups is 1. The molecule has 0 saturated heterocycles. The summed E-state index contributed by atoms with van der Waals surface area (Å²) >= 11 is 0. The Hall–Kier alpha value is -1.58. The number of nitrogens with one attached hydrogen (secondary N) is 1. The van der Waals surface area contributed by atoms with Crippen LogP contribution >= 0.6 is 0 Å². The van der Waals surface area contributed by atoms with Gasteiger partial charge in [-0.2, -0.15) is 0 Å². The molecule has 0 heterocycles. The van der Waals surface area contributed by atoms with Crippen LogP contribution in [0.4, 0.5) is 10.1 Å². The van der Waals surface area contributed by atoms with Crippen LogP contribution in [0.25, 0.3) is 0 Å². The molecule has 1 aromatic rings. The third-order valence-electron chi connectivity index (χ3n) is 3.52. The Labute approximate surface area is 106 Å². The number of halogens is 1. The summed E-state index contributed by atoms with van der Waals surface area (Å²) in [5.41, 5.74) is 0.386. The fourth-order valence-corrected chi connectivity index (χ4v) is 2.35. The molecule has 0 amide bonds. The molecule has 2 N–H and O–H groups in total. The van der Waals surface area contributed by atoms with Crippen LogP contribution in [0.2, 0.25) is 0 Å². The van der Waals surface area contributed by atoms with E-state index in [2.05, 4.69) is 12.2 Å². The molecule has 1 unspecified atom stereocenters. The van der Waals surface area contributed by atoms with Gasteiger partial charge in [-0.15, -0.1) is 0 Å². The second kappa shape index (κ2) is 5.38. The van der Waals surface area contributed by atoms with E-state index in [9.17, 15) is 9.18 Å². The van der Waals surface area contributed by atoms with Gasteiger partial charge in [0, 0.05) is 11.7 Å². The first kappa shape index (κ1) is 12.9. The Morgan fingerprint density at radius 1 is 1.56 bits per heavy atom. The highest BCUT2D eigenvalue weighted by Crippen LogP contribution is 2.31. The zero-order valence-corrected chi connectivity index (χ0v) is 10.4. The molecular formula is C14H18FNO2. The van der Waals surface area contributed by atoms with Crippen LogP contribution in [0.1, 0.15) is 43.0 Å². The third-order valence-corrected chi connectivity index (χ3v) is 3.52. The minimum absolute atomic E-state index is 0.280. The lowest BCUT2D eigenvalue weighted by atomic mass is 9.81. The van der Waals surface area contributed by atoms with Gasteiger partial charge >= 0.3 is 5.97 Å². The van der Waals surface area contributed by atoms with E-state index in [-0.39, 0.29) is 11.6 Å². The molecular weight excluding hydrogens is 233 g/mol. The lowest BCUT2D eigenvalue weighted by Gasteiger charge is -2.29. The Bertz CT molecular complexity index is 443. The molecule has 1 saturated carbocycles. The first-order valence-corrected chi connectivity index (χ1v) is 6.35. The van der Waals surface area contributed by atoms with Crippen molar-refractivity contribution in [1.82, 2.24) is 0 Å². The Morgan fingerprint density at radius 3 is 2.83 bits per heavy atom. The molecule has 0 bridgehead atoms. The van der Waals surface area contributed by atoms with Gasteiger partial charge in [0.05, 0.1) is 5.56 Å². The fourth-order valence-electron chi connectivity index (χ4n) is 2.35. The number of benzene rings is 1. The molecule has 1 aliphatic rings. The predicted molar refractivity (Wildman–Crippen MR) is 68.4 cm³/mol. The second-order valence-corrected chi connectivity index (χ2v) is 5.08. The molecule has 1 aromatic carbocycles. The summed E-state index contributed by atoms with van der Waals surface area (Å²) in [6.07, 6.45) is 4.97. The molecule has 3 nitrogen and oxygen atoms in total. The summed E-state index contributed by atoms with van der Waals surface area (Å²) < 4.78 is 13.2. The maximum atomic E-state index is 13.2. The van der Waals surface area contributed by atoms with E-state index in [1.807, 2.05) is 0 Å². The van der Waals surface area contributed by atoms with Crippen molar-refractivity contribution in [2.24, 2.45) is 5.92 Å². The molecule has 0 aliphatic heterocycles. The average Bonchev–Trinajstić information content (AvgIpc) is 2.26. The quantitative estimate of drug-likeness (QED) is 0.841. The van der Waals surface area contributed by atoms with Crippen LogP contribution in [0.3, 0.4) is 0 Å². The topological polar surface area (TPSA) is 49.3 Å². The van der Waals surface area contributed by atoms with Crippen LogP contribution in [-0.4, -0.2) is 17.1 Å². The van der Waals surface area contributed by atoms with E-state index in [1.165, 1.54) is 31.4 Å². The van der Waals surface area contributed by atoms with Crippen molar-refractivity contribution in [2.45, 2.75) is 38.6 Å². The monoisotopic (exact) mass is 251 g/mol.